The van der Waals surface area contributed by atoms with Crippen molar-refractivity contribution in [1.29, 1.82) is 0 Å². The quantitative estimate of drug-likeness (QED) is 0.558. The molecule has 0 heterocycles. The molecule has 1 rings (SSSR count). The fourth-order valence-electron chi connectivity index (χ4n) is 0.653. The van der Waals surface area contributed by atoms with Crippen LogP contribution in [0.1, 0.15) is 20.7 Å². The molecule has 0 aromatic heterocycles. The van der Waals surface area contributed by atoms with Gasteiger partial charge in [-0.25, -0.2) is 9.59 Å². The van der Waals surface area contributed by atoms with Crippen LogP contribution in [-0.2, 0) is 9.59 Å². The zero-order valence-electron chi connectivity index (χ0n) is 7.99. The van der Waals surface area contributed by atoms with Crippen molar-refractivity contribution in [2.45, 2.75) is 0 Å². The summed E-state index contributed by atoms with van der Waals surface area (Å²) in [5.74, 6) is -3.65. The van der Waals surface area contributed by atoms with E-state index < -0.39 is 11.9 Å². The van der Waals surface area contributed by atoms with Crippen LogP contribution in [0, 0.1) is 0 Å². The van der Waals surface area contributed by atoms with E-state index in [0.29, 0.717) is 11.1 Å². The first-order valence-electron chi connectivity index (χ1n) is 3.98. The predicted octanol–water partition coefficient (Wildman–Crippen LogP) is 0.467. The molecule has 0 aliphatic rings. The minimum Gasteiger partial charge on any atom is -0.473 e. The number of aldehydes is 2. The molecule has 0 aliphatic heterocycles. The summed E-state index contributed by atoms with van der Waals surface area (Å²) in [5, 5.41) is 14.8. The standard InChI is InChI=1S/C8H6O2.C2H2O4/c9-5-7-1-2-8(6-10)4-3-7;3-1(4)2(5)6/h1-6H;(H,3,4)(H,5,6). The summed E-state index contributed by atoms with van der Waals surface area (Å²) in [5.41, 5.74) is 1.18. The number of carboxylic acid groups (broad SMARTS) is 2. The fourth-order valence-corrected chi connectivity index (χ4v) is 0.653. The van der Waals surface area contributed by atoms with Crippen molar-refractivity contribution in [3.63, 3.8) is 0 Å². The summed E-state index contributed by atoms with van der Waals surface area (Å²) in [4.78, 5) is 38.4. The summed E-state index contributed by atoms with van der Waals surface area (Å²) < 4.78 is 0. The monoisotopic (exact) mass is 224 g/mol. The lowest BCUT2D eigenvalue weighted by Crippen LogP contribution is -2.09. The van der Waals surface area contributed by atoms with Gasteiger partial charge in [0.15, 0.2) is 0 Å². The Morgan fingerprint density at radius 1 is 0.812 bits per heavy atom. The van der Waals surface area contributed by atoms with Gasteiger partial charge in [0.05, 0.1) is 0 Å². The molecule has 16 heavy (non-hydrogen) atoms. The number of carbonyl (C=O) groups is 4. The maximum atomic E-state index is 10.1. The smallest absolute Gasteiger partial charge is 0.414 e. The number of aliphatic carboxylic acids is 2. The molecule has 0 amide bonds. The maximum Gasteiger partial charge on any atom is 0.414 e. The van der Waals surface area contributed by atoms with Gasteiger partial charge in [0.1, 0.15) is 12.6 Å². The molecule has 2 N–H and O–H groups in total. The first-order chi connectivity index (χ1) is 7.51. The minimum absolute atomic E-state index is 0.589. The molecule has 1 aromatic carbocycles. The number of carbonyl (C=O) groups excluding carboxylic acids is 2. The summed E-state index contributed by atoms with van der Waals surface area (Å²) in [7, 11) is 0. The van der Waals surface area contributed by atoms with Crippen LogP contribution in [0.3, 0.4) is 0 Å². The Balaban J connectivity index is 0.000000325. The highest BCUT2D eigenvalue weighted by Gasteiger charge is 2.04. The summed E-state index contributed by atoms with van der Waals surface area (Å²) in [6.07, 6.45) is 1.49. The van der Waals surface area contributed by atoms with E-state index in [4.69, 9.17) is 19.8 Å². The van der Waals surface area contributed by atoms with Crippen molar-refractivity contribution >= 4 is 24.5 Å². The van der Waals surface area contributed by atoms with E-state index in [-0.39, 0.29) is 0 Å². The fraction of sp³-hybridized carbons (Fsp3) is 0. The van der Waals surface area contributed by atoms with Crippen molar-refractivity contribution in [2.24, 2.45) is 0 Å². The molecule has 84 valence electrons. The first kappa shape index (κ1) is 13.5. The molecule has 0 unspecified atom stereocenters. The lowest BCUT2D eigenvalue weighted by molar-refractivity contribution is -0.159. The van der Waals surface area contributed by atoms with Gasteiger partial charge in [0.25, 0.3) is 0 Å². The molecule has 0 saturated heterocycles. The molecule has 1 aromatic rings. The molecule has 6 heteroatoms. The largest absolute Gasteiger partial charge is 0.473 e. The zero-order chi connectivity index (χ0) is 12.6. The third-order valence-electron chi connectivity index (χ3n) is 1.39. The van der Waals surface area contributed by atoms with Crippen LogP contribution in [0.15, 0.2) is 24.3 Å². The minimum atomic E-state index is -1.82. The highest BCUT2D eigenvalue weighted by atomic mass is 16.4. The van der Waals surface area contributed by atoms with E-state index in [1.807, 2.05) is 0 Å². The van der Waals surface area contributed by atoms with Crippen LogP contribution in [0.4, 0.5) is 0 Å². The SMILES string of the molecule is O=C(O)C(=O)O.O=Cc1ccc(C=O)cc1. The predicted molar refractivity (Wildman–Crippen MR) is 52.5 cm³/mol. The van der Waals surface area contributed by atoms with Gasteiger partial charge in [-0.3, -0.25) is 9.59 Å². The van der Waals surface area contributed by atoms with Gasteiger partial charge in [0.2, 0.25) is 0 Å². The van der Waals surface area contributed by atoms with Gasteiger partial charge in [-0.2, -0.15) is 0 Å². The van der Waals surface area contributed by atoms with E-state index in [0.717, 1.165) is 12.6 Å². The highest BCUT2D eigenvalue weighted by molar-refractivity contribution is 6.27. The Labute approximate surface area is 90.1 Å². The van der Waals surface area contributed by atoms with Gasteiger partial charge in [-0.05, 0) is 0 Å². The number of benzene rings is 1. The van der Waals surface area contributed by atoms with Crippen LogP contribution < -0.4 is 0 Å². The van der Waals surface area contributed by atoms with Crippen molar-refractivity contribution in [2.75, 3.05) is 0 Å². The maximum absolute atomic E-state index is 10.1. The van der Waals surface area contributed by atoms with Gasteiger partial charge >= 0.3 is 11.9 Å². The van der Waals surface area contributed by atoms with Crippen LogP contribution in [0.2, 0.25) is 0 Å². The van der Waals surface area contributed by atoms with Crippen LogP contribution >= 0.6 is 0 Å². The Morgan fingerprint density at radius 3 is 1.19 bits per heavy atom. The van der Waals surface area contributed by atoms with Crippen LogP contribution in [0.5, 0.6) is 0 Å². The normalized spacial score (nSPS) is 8.25. The lowest BCUT2D eigenvalue weighted by atomic mass is 10.2. The summed E-state index contributed by atoms with van der Waals surface area (Å²) in [6, 6.07) is 6.43. The number of rotatable bonds is 2. The first-order valence-corrected chi connectivity index (χ1v) is 3.98. The molecule has 0 bridgehead atoms. The molecule has 0 radical (unpaired) electrons. The number of carboxylic acids is 2. The second kappa shape index (κ2) is 6.88. The zero-order valence-corrected chi connectivity index (χ0v) is 7.99. The summed E-state index contributed by atoms with van der Waals surface area (Å²) in [6.45, 7) is 0. The van der Waals surface area contributed by atoms with E-state index in [1.54, 1.807) is 24.3 Å². The average Bonchev–Trinajstić information content (AvgIpc) is 2.30. The van der Waals surface area contributed by atoms with Gasteiger partial charge in [0, 0.05) is 11.1 Å². The van der Waals surface area contributed by atoms with Crippen molar-refractivity contribution in [1.82, 2.24) is 0 Å². The van der Waals surface area contributed by atoms with Crippen LogP contribution in [0.25, 0.3) is 0 Å². The molecular weight excluding hydrogens is 216 g/mol. The van der Waals surface area contributed by atoms with Gasteiger partial charge in [-0.1, -0.05) is 24.3 Å². The molecule has 0 aliphatic carbocycles. The third kappa shape index (κ3) is 5.28. The second-order valence-electron chi connectivity index (χ2n) is 2.51. The topological polar surface area (TPSA) is 109 Å². The van der Waals surface area contributed by atoms with Crippen molar-refractivity contribution in [3.8, 4) is 0 Å². The number of hydrogen-bond acceptors (Lipinski definition) is 4. The molecule has 0 fully saturated rings. The highest BCUT2D eigenvalue weighted by Crippen LogP contribution is 1.98. The van der Waals surface area contributed by atoms with E-state index in [2.05, 4.69) is 0 Å². The molecule has 6 nitrogen and oxygen atoms in total. The second-order valence-corrected chi connectivity index (χ2v) is 2.51. The Morgan fingerprint density at radius 2 is 1.06 bits per heavy atom. The van der Waals surface area contributed by atoms with E-state index in [1.165, 1.54) is 0 Å². The van der Waals surface area contributed by atoms with Crippen molar-refractivity contribution in [3.05, 3.63) is 35.4 Å². The van der Waals surface area contributed by atoms with Gasteiger partial charge < -0.3 is 10.2 Å². The molecule has 0 atom stereocenters. The Hall–Kier alpha value is -2.50. The molecular formula is C10H8O6. The molecule has 0 spiro atoms. The average molecular weight is 224 g/mol. The number of hydrogen-bond donors (Lipinski definition) is 2. The lowest BCUT2D eigenvalue weighted by Gasteiger charge is -1.88. The Kier molecular flexibility index (Phi) is 5.81. The Bertz CT molecular complexity index is 353. The van der Waals surface area contributed by atoms with Gasteiger partial charge in [-0.15, -0.1) is 0 Å². The van der Waals surface area contributed by atoms with Crippen LogP contribution in [-0.4, -0.2) is 34.7 Å². The molecule has 0 saturated carbocycles. The van der Waals surface area contributed by atoms with E-state index in [9.17, 15) is 9.59 Å². The summed E-state index contributed by atoms with van der Waals surface area (Å²) >= 11 is 0. The van der Waals surface area contributed by atoms with E-state index >= 15 is 0 Å². The van der Waals surface area contributed by atoms with Crippen molar-refractivity contribution < 1.29 is 29.4 Å². The third-order valence-corrected chi connectivity index (χ3v) is 1.39.